The molecule has 0 aliphatic carbocycles. The summed E-state index contributed by atoms with van der Waals surface area (Å²) in [6.07, 6.45) is 0. The van der Waals surface area contributed by atoms with Gasteiger partial charge in [-0.25, -0.2) is 0 Å². The van der Waals surface area contributed by atoms with E-state index in [4.69, 9.17) is 4.74 Å². The quantitative estimate of drug-likeness (QED) is 0.360. The number of halogens is 1. The third-order valence-electron chi connectivity index (χ3n) is 4.16. The molecule has 2 rings (SSSR count). The van der Waals surface area contributed by atoms with Gasteiger partial charge in [0.2, 0.25) is 0 Å². The second kappa shape index (κ2) is 11.8. The molecule has 0 unspecified atom stereocenters. The van der Waals surface area contributed by atoms with Gasteiger partial charge < -0.3 is 20.3 Å². The number of rotatable bonds is 7. The molecule has 2 N–H and O–H groups in total. The Morgan fingerprint density at radius 1 is 1.00 bits per heavy atom. The van der Waals surface area contributed by atoms with Crippen molar-refractivity contribution in [2.75, 3.05) is 28.3 Å². The van der Waals surface area contributed by atoms with Crippen molar-refractivity contribution in [1.29, 1.82) is 0 Å². The van der Waals surface area contributed by atoms with Crippen LogP contribution in [0.25, 0.3) is 0 Å². The Labute approximate surface area is 180 Å². The van der Waals surface area contributed by atoms with Crippen LogP contribution in [0.3, 0.4) is 0 Å². The van der Waals surface area contributed by atoms with Crippen molar-refractivity contribution >= 4 is 29.9 Å². The van der Waals surface area contributed by atoms with Gasteiger partial charge in [0.1, 0.15) is 5.75 Å². The lowest BCUT2D eigenvalue weighted by Crippen LogP contribution is -2.36. The molecule has 5 nitrogen and oxygen atoms in total. The zero-order valence-electron chi connectivity index (χ0n) is 16.9. The molecule has 0 bridgehead atoms. The Bertz CT molecular complexity index is 747. The molecule has 0 heterocycles. The summed E-state index contributed by atoms with van der Waals surface area (Å²) in [7, 11) is 7.65. The van der Waals surface area contributed by atoms with E-state index in [1.807, 2.05) is 6.07 Å². The number of aliphatic imine (C=N–C) groups is 1. The molecule has 2 aromatic carbocycles. The lowest BCUT2D eigenvalue weighted by atomic mass is 10.1. The second-order valence-electron chi connectivity index (χ2n) is 6.60. The van der Waals surface area contributed by atoms with Crippen LogP contribution in [0.4, 0.5) is 0 Å². The molecule has 0 aliphatic rings. The molecule has 0 spiro atoms. The van der Waals surface area contributed by atoms with Crippen molar-refractivity contribution in [2.45, 2.75) is 26.6 Å². The van der Waals surface area contributed by atoms with E-state index in [0.717, 1.165) is 30.4 Å². The average molecular weight is 482 g/mol. The fourth-order valence-corrected chi connectivity index (χ4v) is 2.80. The zero-order valence-corrected chi connectivity index (χ0v) is 19.2. The number of hydrogen-bond donors (Lipinski definition) is 2. The van der Waals surface area contributed by atoms with Gasteiger partial charge in [0.25, 0.3) is 0 Å². The van der Waals surface area contributed by atoms with Crippen LogP contribution >= 0.6 is 24.0 Å². The summed E-state index contributed by atoms with van der Waals surface area (Å²) in [4.78, 5) is 6.50. The largest absolute Gasteiger partial charge is 0.496 e. The predicted molar refractivity (Wildman–Crippen MR) is 124 cm³/mol. The molecule has 0 saturated heterocycles. The van der Waals surface area contributed by atoms with Crippen molar-refractivity contribution in [3.8, 4) is 5.75 Å². The van der Waals surface area contributed by atoms with Crippen molar-refractivity contribution in [3.63, 3.8) is 0 Å². The Hall–Kier alpha value is -1.80. The molecule has 0 aromatic heterocycles. The summed E-state index contributed by atoms with van der Waals surface area (Å²) in [5, 5.41) is 6.76. The summed E-state index contributed by atoms with van der Waals surface area (Å²) >= 11 is 0. The number of nitrogens with zero attached hydrogens (tertiary/aromatic N) is 2. The summed E-state index contributed by atoms with van der Waals surface area (Å²) in [6, 6.07) is 14.7. The zero-order chi connectivity index (χ0) is 18.9. The maximum absolute atomic E-state index is 5.47. The number of ether oxygens (including phenoxy) is 1. The van der Waals surface area contributed by atoms with Crippen LogP contribution in [-0.2, 0) is 19.6 Å². The van der Waals surface area contributed by atoms with E-state index in [9.17, 15) is 0 Å². The average Bonchev–Trinajstić information content (AvgIpc) is 2.63. The molecule has 0 amide bonds. The van der Waals surface area contributed by atoms with Crippen molar-refractivity contribution < 1.29 is 4.74 Å². The molecule has 27 heavy (non-hydrogen) atoms. The smallest absolute Gasteiger partial charge is 0.191 e. The lowest BCUT2D eigenvalue weighted by molar-refractivity contribution is 0.400. The lowest BCUT2D eigenvalue weighted by Gasteiger charge is -2.17. The van der Waals surface area contributed by atoms with E-state index in [1.165, 1.54) is 16.7 Å². The Morgan fingerprint density at radius 3 is 2.22 bits per heavy atom. The maximum Gasteiger partial charge on any atom is 0.191 e. The molecule has 0 atom stereocenters. The second-order valence-corrected chi connectivity index (χ2v) is 6.60. The highest BCUT2D eigenvalue weighted by Gasteiger charge is 2.07. The maximum atomic E-state index is 5.47. The van der Waals surface area contributed by atoms with Gasteiger partial charge in [0, 0.05) is 32.2 Å². The van der Waals surface area contributed by atoms with Crippen LogP contribution in [0.2, 0.25) is 0 Å². The summed E-state index contributed by atoms with van der Waals surface area (Å²) < 4.78 is 5.47. The SMILES string of the molecule is CN=C(NCc1ccccc1CN(C)C)NCc1ccc(C)cc1OC.I. The van der Waals surface area contributed by atoms with E-state index in [-0.39, 0.29) is 24.0 Å². The third kappa shape index (κ3) is 7.38. The first-order valence-electron chi connectivity index (χ1n) is 8.83. The number of nitrogens with one attached hydrogen (secondary N) is 2. The minimum atomic E-state index is 0. The van der Waals surface area contributed by atoms with Crippen LogP contribution in [0, 0.1) is 6.92 Å². The summed E-state index contributed by atoms with van der Waals surface area (Å²) in [5.41, 5.74) is 4.89. The van der Waals surface area contributed by atoms with Gasteiger partial charge in [-0.3, -0.25) is 4.99 Å². The molecular weight excluding hydrogens is 451 g/mol. The van der Waals surface area contributed by atoms with Gasteiger partial charge in [0.15, 0.2) is 5.96 Å². The molecule has 0 aliphatic heterocycles. The van der Waals surface area contributed by atoms with Crippen LogP contribution in [-0.4, -0.2) is 39.1 Å². The van der Waals surface area contributed by atoms with Gasteiger partial charge in [0.05, 0.1) is 7.11 Å². The summed E-state index contributed by atoms with van der Waals surface area (Å²) in [6.45, 7) is 4.37. The van der Waals surface area contributed by atoms with Gasteiger partial charge in [-0.15, -0.1) is 24.0 Å². The Kier molecular flexibility index (Phi) is 10.2. The van der Waals surface area contributed by atoms with Crippen LogP contribution in [0.1, 0.15) is 22.3 Å². The standard InChI is InChI=1S/C21H30N4O.HI/c1-16-10-11-18(20(12-16)26-5)14-24-21(22-2)23-13-17-8-6-7-9-19(17)15-25(3)4;/h6-12H,13-15H2,1-5H3,(H2,22,23,24);1H. The number of hydrogen-bond acceptors (Lipinski definition) is 3. The molecule has 2 aromatic rings. The van der Waals surface area contributed by atoms with E-state index in [0.29, 0.717) is 6.54 Å². The monoisotopic (exact) mass is 482 g/mol. The van der Waals surface area contributed by atoms with Crippen LogP contribution in [0.15, 0.2) is 47.5 Å². The van der Waals surface area contributed by atoms with Gasteiger partial charge in [-0.05, 0) is 43.8 Å². The summed E-state index contributed by atoms with van der Waals surface area (Å²) in [5.74, 6) is 1.66. The first-order valence-corrected chi connectivity index (χ1v) is 8.83. The topological polar surface area (TPSA) is 48.9 Å². The molecule has 148 valence electrons. The molecule has 6 heteroatoms. The first-order chi connectivity index (χ1) is 12.5. The predicted octanol–water partition coefficient (Wildman–Crippen LogP) is 3.55. The highest BCUT2D eigenvalue weighted by molar-refractivity contribution is 14.0. The number of benzene rings is 2. The fraction of sp³-hybridized carbons (Fsp3) is 0.381. The highest BCUT2D eigenvalue weighted by Crippen LogP contribution is 2.19. The number of methoxy groups -OCH3 is 1. The normalized spacial score (nSPS) is 11.1. The Morgan fingerprint density at radius 2 is 1.63 bits per heavy atom. The fourth-order valence-electron chi connectivity index (χ4n) is 2.80. The van der Waals surface area contributed by atoms with Crippen LogP contribution < -0.4 is 15.4 Å². The van der Waals surface area contributed by atoms with E-state index in [2.05, 4.69) is 77.9 Å². The third-order valence-corrected chi connectivity index (χ3v) is 4.16. The number of guanidine groups is 1. The van der Waals surface area contributed by atoms with Crippen molar-refractivity contribution in [1.82, 2.24) is 15.5 Å². The van der Waals surface area contributed by atoms with E-state index in [1.54, 1.807) is 14.2 Å². The molecular formula is C21H31IN4O. The van der Waals surface area contributed by atoms with Gasteiger partial charge in [-0.2, -0.15) is 0 Å². The van der Waals surface area contributed by atoms with Gasteiger partial charge >= 0.3 is 0 Å². The molecule has 0 radical (unpaired) electrons. The molecule has 0 saturated carbocycles. The molecule has 0 fully saturated rings. The van der Waals surface area contributed by atoms with Crippen LogP contribution in [0.5, 0.6) is 5.75 Å². The first kappa shape index (κ1) is 23.2. The van der Waals surface area contributed by atoms with E-state index < -0.39 is 0 Å². The minimum absolute atomic E-state index is 0. The van der Waals surface area contributed by atoms with Crippen molar-refractivity contribution in [3.05, 3.63) is 64.7 Å². The minimum Gasteiger partial charge on any atom is -0.496 e. The van der Waals surface area contributed by atoms with Gasteiger partial charge in [-0.1, -0.05) is 36.4 Å². The highest BCUT2D eigenvalue weighted by atomic mass is 127. The van der Waals surface area contributed by atoms with Crippen molar-refractivity contribution in [2.24, 2.45) is 4.99 Å². The Balaban J connectivity index is 0.00000364. The van der Waals surface area contributed by atoms with E-state index >= 15 is 0 Å². The number of aryl methyl sites for hydroxylation is 1.